The summed E-state index contributed by atoms with van der Waals surface area (Å²) in [4.78, 5) is 7.13. The molecule has 0 amide bonds. The van der Waals surface area contributed by atoms with Gasteiger partial charge in [0, 0.05) is 6.20 Å². The quantitative estimate of drug-likeness (QED) is 0.149. The molecule has 0 aliphatic carbocycles. The van der Waals surface area contributed by atoms with Gasteiger partial charge in [-0.3, -0.25) is 0 Å². The maximum absolute atomic E-state index is 6.67. The van der Waals surface area contributed by atoms with Crippen LogP contribution in [0.1, 0.15) is 67.9 Å². The zero-order valence-electron chi connectivity index (χ0n) is 34.7. The van der Waals surface area contributed by atoms with Gasteiger partial charge in [-0.1, -0.05) is 20.8 Å². The molecule has 3 heterocycles. The van der Waals surface area contributed by atoms with Gasteiger partial charge in [-0.25, -0.2) is 0 Å². The summed E-state index contributed by atoms with van der Waals surface area (Å²) in [5.41, 5.74) is 16.5. The molecule has 1 aliphatic heterocycles. The molecule has 8 aromatic rings. The Labute approximate surface area is 359 Å². The number of pyridine rings is 1. The van der Waals surface area contributed by atoms with Crippen molar-refractivity contribution in [3.63, 3.8) is 0 Å². The van der Waals surface area contributed by atoms with Crippen LogP contribution >= 0.6 is 0 Å². The zero-order valence-corrected chi connectivity index (χ0v) is 37.0. The van der Waals surface area contributed by atoms with Crippen molar-refractivity contribution in [1.29, 1.82) is 0 Å². The molecule has 0 radical (unpaired) electrons. The van der Waals surface area contributed by atoms with Gasteiger partial charge in [0.25, 0.3) is 0 Å². The van der Waals surface area contributed by atoms with Gasteiger partial charge in [0.2, 0.25) is 0 Å². The first-order chi connectivity index (χ1) is 28.5. The Kier molecular flexibility index (Phi) is 10.1. The van der Waals surface area contributed by atoms with Crippen molar-refractivity contribution in [3.05, 3.63) is 177 Å². The molecule has 0 saturated carbocycles. The molecule has 0 saturated heterocycles. The predicted octanol–water partition coefficient (Wildman–Crippen LogP) is 13.5. The van der Waals surface area contributed by atoms with Crippen LogP contribution in [-0.2, 0) is 24.8 Å². The second-order valence-corrected chi connectivity index (χ2v) is 17.7. The average Bonchev–Trinajstić information content (AvgIpc) is 3.54. The molecule has 9 rings (SSSR count). The summed E-state index contributed by atoms with van der Waals surface area (Å²) in [5, 5.41) is 0. The van der Waals surface area contributed by atoms with Gasteiger partial charge in [-0.15, -0.1) is 0 Å². The van der Waals surface area contributed by atoms with Crippen molar-refractivity contribution >= 4 is 22.5 Å². The van der Waals surface area contributed by atoms with E-state index in [1.807, 2.05) is 18.3 Å². The van der Waals surface area contributed by atoms with E-state index in [1.165, 1.54) is 55.8 Å². The van der Waals surface area contributed by atoms with Crippen molar-refractivity contribution in [2.75, 3.05) is 11.4 Å². The van der Waals surface area contributed by atoms with Crippen molar-refractivity contribution in [2.45, 2.75) is 66.2 Å². The Bertz CT molecular complexity index is 2850. The van der Waals surface area contributed by atoms with Crippen LogP contribution in [0.15, 0.2) is 134 Å². The van der Waals surface area contributed by atoms with Crippen LogP contribution in [0.3, 0.4) is 0 Å². The molecule has 2 aromatic heterocycles. The monoisotopic (exact) mass is 951 g/mol. The number of nitrogens with zero attached hydrogens (tertiary/aromatic N) is 4. The van der Waals surface area contributed by atoms with Crippen molar-refractivity contribution in [2.24, 2.45) is 0 Å². The number of hydrogen-bond donors (Lipinski definition) is 0. The van der Waals surface area contributed by atoms with E-state index in [1.54, 1.807) is 0 Å². The topological polar surface area (TPSA) is 35.2 Å². The van der Waals surface area contributed by atoms with Gasteiger partial charge in [0.1, 0.15) is 0 Å². The summed E-state index contributed by atoms with van der Waals surface area (Å²) < 4.78 is 12.4. The first kappa shape index (κ1) is 38.7. The molecule has 0 fully saturated rings. The minimum absolute atomic E-state index is 0.0215. The van der Waals surface area contributed by atoms with E-state index in [-0.39, 0.29) is 5.41 Å². The molecule has 59 heavy (non-hydrogen) atoms. The Hall–Kier alpha value is -5.77. The summed E-state index contributed by atoms with van der Waals surface area (Å²) in [5.74, 6) is 2.63. The van der Waals surface area contributed by atoms with E-state index < -0.39 is 0 Å². The van der Waals surface area contributed by atoms with Crippen LogP contribution in [0.4, 0.5) is 11.5 Å². The third kappa shape index (κ3) is 7.00. The van der Waals surface area contributed by atoms with E-state index in [0.717, 1.165) is 45.0 Å². The van der Waals surface area contributed by atoms with E-state index in [9.17, 15) is 0 Å². The molecule has 0 bridgehead atoms. The average molecular weight is 952 g/mol. The number of hydrogen-bond acceptors (Lipinski definition) is 3. The standard InChI is InChI=1S/C53H48N4O.Pt/c1-35-28-30-55(49-31-41(27-29-54-49)53(5,6)7)48-33-44(25-26-45(35)48)58-43-22-16-21-42(32-43)56-34-57(47-24-15-14-23-46(47)56)52-50(39-17-10-8-11-18-39)37(3)36(2)38(4)51(52)40-19-12-9-13-20-40;/h8-27,29,31,35H,28,30H2,1-7H3;/q-2;. The molecule has 1 unspecified atom stereocenters. The summed E-state index contributed by atoms with van der Waals surface area (Å²) in [7, 11) is 0. The molecule has 298 valence electrons. The van der Waals surface area contributed by atoms with Gasteiger partial charge in [-0.05, 0) is 17.0 Å². The van der Waals surface area contributed by atoms with E-state index >= 15 is 0 Å². The van der Waals surface area contributed by atoms with E-state index in [2.05, 4.69) is 209 Å². The Morgan fingerprint density at radius 2 is 1.29 bits per heavy atom. The summed E-state index contributed by atoms with van der Waals surface area (Å²) in [6.45, 7) is 16.7. The van der Waals surface area contributed by atoms with Crippen LogP contribution in [0, 0.1) is 36.7 Å². The molecule has 0 N–H and O–H groups in total. The molecule has 6 aromatic carbocycles. The first-order valence-corrected chi connectivity index (χ1v) is 21.6. The Morgan fingerprint density at radius 3 is 1.93 bits per heavy atom. The predicted molar refractivity (Wildman–Crippen MR) is 238 cm³/mol. The van der Waals surface area contributed by atoms with Gasteiger partial charge in [0.15, 0.2) is 0 Å². The third-order valence-electron chi connectivity index (χ3n) is 12.0. The number of benzene rings is 6. The second kappa shape index (κ2) is 15.4. The number of fused-ring (bicyclic) bond motifs is 2. The van der Waals surface area contributed by atoms with Crippen LogP contribution in [0.2, 0.25) is 0 Å². The summed E-state index contributed by atoms with van der Waals surface area (Å²) in [6.07, 6.45) is 2.97. The van der Waals surface area contributed by atoms with E-state index in [0.29, 0.717) is 17.4 Å². The number of para-hydroxylation sites is 2. The Morgan fingerprint density at radius 1 is 0.678 bits per heavy atom. The van der Waals surface area contributed by atoms with E-state index in [4.69, 9.17) is 9.72 Å². The van der Waals surface area contributed by atoms with Gasteiger partial charge < -0.3 is 0 Å². The number of imidazole rings is 1. The summed E-state index contributed by atoms with van der Waals surface area (Å²) >= 11 is 2.50. The third-order valence-corrected chi connectivity index (χ3v) is 13.0. The van der Waals surface area contributed by atoms with Crippen LogP contribution in [0.25, 0.3) is 44.7 Å². The molecule has 1 aliphatic rings. The van der Waals surface area contributed by atoms with Gasteiger partial charge in [0.05, 0.1) is 0 Å². The molecule has 0 spiro atoms. The van der Waals surface area contributed by atoms with Crippen molar-refractivity contribution in [3.8, 4) is 45.1 Å². The van der Waals surface area contributed by atoms with Crippen molar-refractivity contribution in [1.82, 2.24) is 14.1 Å². The summed E-state index contributed by atoms with van der Waals surface area (Å²) in [6, 6.07) is 52.4. The first-order valence-electron chi connectivity index (χ1n) is 20.4. The number of ether oxygens (including phenoxy) is 1. The van der Waals surface area contributed by atoms with Crippen molar-refractivity contribution < 1.29 is 24.1 Å². The fourth-order valence-electron chi connectivity index (χ4n) is 8.58. The van der Waals surface area contributed by atoms with Crippen LogP contribution < -0.4 is 9.64 Å². The number of anilines is 2. The molecular weight excluding hydrogens is 904 g/mol. The number of aromatic nitrogens is 3. The van der Waals surface area contributed by atoms with Gasteiger partial charge >= 0.3 is 317 Å². The van der Waals surface area contributed by atoms with Gasteiger partial charge in [-0.2, -0.15) is 0 Å². The zero-order chi connectivity index (χ0) is 41.0. The minimum atomic E-state index is 0.0215. The maximum atomic E-state index is 6.67. The fraction of sp³-hybridized carbons (Fsp3) is 0.208. The fourth-order valence-corrected chi connectivity index (χ4v) is 9.66. The normalized spacial score (nSPS) is 14.1. The molecule has 1 atom stereocenters. The Balaban J connectivity index is 1.18. The molecular formula is C53H48N4OPt-2. The molecule has 5 nitrogen and oxygen atoms in total. The second-order valence-electron chi connectivity index (χ2n) is 16.7. The number of rotatable bonds is 7. The SMILES string of the molecule is Cc1c(C)c(-c2ccccc2)c(-n2[c](=[Pt])n(-c3[c-]c(Oc4[c-]c5c(cc4)C(C)CCN5c4cc(C(C)(C)C)ccn4)ccc3)c3ccccc32)c(-c2ccccc2)c1C. The molecule has 6 heteroatoms. The van der Waals surface area contributed by atoms with Crippen LogP contribution in [-0.4, -0.2) is 20.7 Å². The van der Waals surface area contributed by atoms with Crippen LogP contribution in [0.5, 0.6) is 11.5 Å².